The van der Waals surface area contributed by atoms with E-state index in [1.165, 1.54) is 11.8 Å². The van der Waals surface area contributed by atoms with E-state index in [2.05, 4.69) is 5.32 Å². The number of carbonyl (C=O) groups is 2. The highest BCUT2D eigenvalue weighted by atomic mass is 35.5. The minimum atomic E-state index is -0.251. The maximum atomic E-state index is 12.2. The summed E-state index contributed by atoms with van der Waals surface area (Å²) in [6.45, 7) is 5.22. The third-order valence-corrected chi connectivity index (χ3v) is 3.70. The molecule has 120 valence electrons. The first-order chi connectivity index (χ1) is 10.9. The standard InChI is InChI=1S/C18H19ClN2O2/c1-12-4-7-16(8-5-12)20-18(23)11-21(14(3)22)17-9-6-15(19)10-13(17)2/h4-10H,11H2,1-3H3,(H,20,23). The van der Waals surface area contributed by atoms with Crippen molar-refractivity contribution in [1.82, 2.24) is 0 Å². The number of anilines is 2. The van der Waals surface area contributed by atoms with E-state index >= 15 is 0 Å². The Morgan fingerprint density at radius 2 is 1.74 bits per heavy atom. The van der Waals surface area contributed by atoms with Crippen molar-refractivity contribution in [3.8, 4) is 0 Å². The van der Waals surface area contributed by atoms with Gasteiger partial charge >= 0.3 is 0 Å². The van der Waals surface area contributed by atoms with E-state index < -0.39 is 0 Å². The largest absolute Gasteiger partial charge is 0.325 e. The Hall–Kier alpha value is -2.33. The van der Waals surface area contributed by atoms with Gasteiger partial charge in [-0.3, -0.25) is 9.59 Å². The molecule has 4 nitrogen and oxygen atoms in total. The topological polar surface area (TPSA) is 49.4 Å². The van der Waals surface area contributed by atoms with Crippen molar-refractivity contribution in [2.75, 3.05) is 16.8 Å². The second-order valence-electron chi connectivity index (χ2n) is 5.45. The second kappa shape index (κ2) is 7.29. The predicted molar refractivity (Wildman–Crippen MR) is 94.0 cm³/mol. The van der Waals surface area contributed by atoms with Crippen molar-refractivity contribution >= 4 is 34.8 Å². The smallest absolute Gasteiger partial charge is 0.244 e. The first-order valence-electron chi connectivity index (χ1n) is 7.27. The lowest BCUT2D eigenvalue weighted by molar-refractivity contribution is -0.120. The zero-order valence-electron chi connectivity index (χ0n) is 13.4. The normalized spacial score (nSPS) is 10.3. The Kier molecular flexibility index (Phi) is 5.40. The molecule has 0 radical (unpaired) electrons. The predicted octanol–water partition coefficient (Wildman–Crippen LogP) is 3.95. The van der Waals surface area contributed by atoms with Crippen molar-refractivity contribution in [2.24, 2.45) is 0 Å². The molecule has 23 heavy (non-hydrogen) atoms. The molecule has 5 heteroatoms. The van der Waals surface area contributed by atoms with Crippen LogP contribution in [-0.2, 0) is 9.59 Å². The van der Waals surface area contributed by atoms with E-state index in [1.54, 1.807) is 18.2 Å². The first kappa shape index (κ1) is 17.0. The molecular weight excluding hydrogens is 312 g/mol. The minimum Gasteiger partial charge on any atom is -0.325 e. The van der Waals surface area contributed by atoms with E-state index in [4.69, 9.17) is 11.6 Å². The van der Waals surface area contributed by atoms with Gasteiger partial charge in [-0.15, -0.1) is 0 Å². The number of aryl methyl sites for hydroxylation is 2. The Morgan fingerprint density at radius 3 is 2.30 bits per heavy atom. The van der Waals surface area contributed by atoms with Crippen molar-refractivity contribution in [3.63, 3.8) is 0 Å². The highest BCUT2D eigenvalue weighted by Crippen LogP contribution is 2.23. The fourth-order valence-electron chi connectivity index (χ4n) is 2.27. The van der Waals surface area contributed by atoms with Gasteiger partial charge in [-0.2, -0.15) is 0 Å². The van der Waals surface area contributed by atoms with Crippen molar-refractivity contribution in [1.29, 1.82) is 0 Å². The van der Waals surface area contributed by atoms with Gasteiger partial charge in [-0.1, -0.05) is 29.3 Å². The molecule has 1 N–H and O–H groups in total. The number of nitrogens with zero attached hydrogens (tertiary/aromatic N) is 1. The summed E-state index contributed by atoms with van der Waals surface area (Å²) in [4.78, 5) is 25.6. The Balaban J connectivity index is 2.14. The minimum absolute atomic E-state index is 0.0499. The molecule has 0 bridgehead atoms. The summed E-state index contributed by atoms with van der Waals surface area (Å²) in [5.41, 5.74) is 3.35. The number of halogens is 1. The van der Waals surface area contributed by atoms with Gasteiger partial charge in [0, 0.05) is 23.3 Å². The van der Waals surface area contributed by atoms with Gasteiger partial charge in [0.15, 0.2) is 0 Å². The van der Waals surface area contributed by atoms with Gasteiger partial charge in [0.1, 0.15) is 6.54 Å². The van der Waals surface area contributed by atoms with E-state index in [9.17, 15) is 9.59 Å². The molecule has 0 unspecified atom stereocenters. The zero-order valence-corrected chi connectivity index (χ0v) is 14.1. The molecule has 0 saturated carbocycles. The van der Waals surface area contributed by atoms with Crippen LogP contribution in [0.4, 0.5) is 11.4 Å². The summed E-state index contributed by atoms with van der Waals surface area (Å²) in [6.07, 6.45) is 0. The molecule has 0 aliphatic heterocycles. The van der Waals surface area contributed by atoms with Crippen LogP contribution in [0.15, 0.2) is 42.5 Å². The molecule has 0 aromatic heterocycles. The van der Waals surface area contributed by atoms with Crippen LogP contribution in [0.3, 0.4) is 0 Å². The summed E-state index contributed by atoms with van der Waals surface area (Å²) in [5, 5.41) is 3.39. The van der Waals surface area contributed by atoms with Crippen LogP contribution < -0.4 is 10.2 Å². The maximum absolute atomic E-state index is 12.2. The Morgan fingerprint density at radius 1 is 1.09 bits per heavy atom. The Bertz CT molecular complexity index is 726. The van der Waals surface area contributed by atoms with Crippen LogP contribution in [0, 0.1) is 13.8 Å². The van der Waals surface area contributed by atoms with Gasteiger partial charge in [-0.25, -0.2) is 0 Å². The molecular formula is C18H19ClN2O2. The van der Waals surface area contributed by atoms with Crippen molar-refractivity contribution in [2.45, 2.75) is 20.8 Å². The number of hydrogen-bond donors (Lipinski definition) is 1. The van der Waals surface area contributed by atoms with Gasteiger partial charge in [-0.05, 0) is 49.7 Å². The highest BCUT2D eigenvalue weighted by Gasteiger charge is 2.17. The van der Waals surface area contributed by atoms with Gasteiger partial charge in [0.05, 0.1) is 0 Å². The summed E-state index contributed by atoms with van der Waals surface area (Å²) >= 11 is 5.94. The molecule has 2 aromatic rings. The maximum Gasteiger partial charge on any atom is 0.244 e. The van der Waals surface area contributed by atoms with Gasteiger partial charge in [0.2, 0.25) is 11.8 Å². The second-order valence-corrected chi connectivity index (χ2v) is 5.89. The van der Waals surface area contributed by atoms with Crippen molar-refractivity contribution in [3.05, 3.63) is 58.6 Å². The molecule has 0 saturated heterocycles. The van der Waals surface area contributed by atoms with Crippen LogP contribution in [0.1, 0.15) is 18.1 Å². The van der Waals surface area contributed by atoms with Crippen LogP contribution >= 0.6 is 11.6 Å². The quantitative estimate of drug-likeness (QED) is 0.922. The molecule has 0 fully saturated rings. The van der Waals surface area contributed by atoms with E-state index in [0.717, 1.165) is 11.1 Å². The monoisotopic (exact) mass is 330 g/mol. The summed E-state index contributed by atoms with van der Waals surface area (Å²) in [7, 11) is 0. The third-order valence-electron chi connectivity index (χ3n) is 3.47. The number of amides is 2. The lowest BCUT2D eigenvalue weighted by Crippen LogP contribution is -2.37. The first-order valence-corrected chi connectivity index (χ1v) is 7.65. The molecule has 2 aromatic carbocycles. The molecule has 0 heterocycles. The number of hydrogen-bond acceptors (Lipinski definition) is 2. The lowest BCUT2D eigenvalue weighted by Gasteiger charge is -2.22. The average Bonchev–Trinajstić information content (AvgIpc) is 2.48. The summed E-state index contributed by atoms with van der Waals surface area (Å²) in [6, 6.07) is 12.7. The van der Waals surface area contributed by atoms with Gasteiger partial charge in [0.25, 0.3) is 0 Å². The molecule has 0 spiro atoms. The van der Waals surface area contributed by atoms with Crippen LogP contribution in [0.25, 0.3) is 0 Å². The number of benzene rings is 2. The van der Waals surface area contributed by atoms with Crippen molar-refractivity contribution < 1.29 is 9.59 Å². The highest BCUT2D eigenvalue weighted by molar-refractivity contribution is 6.30. The SMILES string of the molecule is CC(=O)N(CC(=O)Nc1ccc(C)cc1)c1ccc(Cl)cc1C. The van der Waals surface area contributed by atoms with Crippen LogP contribution in [0.5, 0.6) is 0 Å². The lowest BCUT2D eigenvalue weighted by atomic mass is 10.1. The van der Waals surface area contributed by atoms with Crippen LogP contribution in [0.2, 0.25) is 5.02 Å². The fourth-order valence-corrected chi connectivity index (χ4v) is 2.50. The average molecular weight is 331 g/mol. The molecule has 2 rings (SSSR count). The van der Waals surface area contributed by atoms with E-state index in [-0.39, 0.29) is 18.4 Å². The van der Waals surface area contributed by atoms with Crippen LogP contribution in [-0.4, -0.2) is 18.4 Å². The van der Waals surface area contributed by atoms with E-state index in [0.29, 0.717) is 16.4 Å². The third kappa shape index (κ3) is 4.57. The molecule has 0 aliphatic carbocycles. The number of nitrogens with one attached hydrogen (secondary N) is 1. The number of carbonyl (C=O) groups excluding carboxylic acids is 2. The molecule has 0 atom stereocenters. The molecule has 0 aliphatic rings. The Labute approximate surface area is 141 Å². The fraction of sp³-hybridized carbons (Fsp3) is 0.222. The molecule has 2 amide bonds. The number of rotatable bonds is 4. The van der Waals surface area contributed by atoms with Gasteiger partial charge < -0.3 is 10.2 Å². The zero-order chi connectivity index (χ0) is 17.0. The summed E-state index contributed by atoms with van der Waals surface area (Å²) < 4.78 is 0. The summed E-state index contributed by atoms with van der Waals surface area (Å²) in [5.74, 6) is -0.451. The van der Waals surface area contributed by atoms with E-state index in [1.807, 2.05) is 38.1 Å².